The number of hydrogen-bond acceptors (Lipinski definition) is 4. The normalized spacial score (nSPS) is 13.0. The Morgan fingerprint density at radius 1 is 1.25 bits per heavy atom. The van der Waals surface area contributed by atoms with E-state index in [1.807, 2.05) is 25.1 Å². The zero-order valence-electron chi connectivity index (χ0n) is 15.6. The molecule has 7 nitrogen and oxygen atoms in total. The maximum atomic E-state index is 12.3. The van der Waals surface area contributed by atoms with Crippen LogP contribution in [0.4, 0.5) is 13.2 Å². The summed E-state index contributed by atoms with van der Waals surface area (Å²) in [5.74, 6) is 1.07. The van der Waals surface area contributed by atoms with Gasteiger partial charge in [0.15, 0.2) is 17.5 Å². The molecule has 1 aromatic carbocycles. The number of likely N-dealkylation sites (N-methyl/N-ethyl adjacent to an activating group) is 1. The van der Waals surface area contributed by atoms with Crippen molar-refractivity contribution >= 4 is 35.8 Å². The maximum absolute atomic E-state index is 12.3. The third-order valence-electron chi connectivity index (χ3n) is 3.70. The number of halogens is 4. The third-order valence-corrected chi connectivity index (χ3v) is 3.70. The molecule has 0 saturated heterocycles. The molecule has 0 spiro atoms. The summed E-state index contributed by atoms with van der Waals surface area (Å²) >= 11 is 0. The van der Waals surface area contributed by atoms with Crippen LogP contribution in [0.3, 0.4) is 0 Å². The summed E-state index contributed by atoms with van der Waals surface area (Å²) in [6.07, 6.45) is -3.76. The van der Waals surface area contributed by atoms with Crippen LogP contribution in [-0.2, 0) is 11.2 Å². The lowest BCUT2D eigenvalue weighted by atomic mass is 10.1. The number of ether oxygens (including phenoxy) is 2. The quantitative estimate of drug-likeness (QED) is 0.330. The number of nitrogens with one attached hydrogen (secondary N) is 2. The second kappa shape index (κ2) is 11.2. The van der Waals surface area contributed by atoms with Crippen LogP contribution in [-0.4, -0.2) is 63.0 Å². The van der Waals surface area contributed by atoms with Gasteiger partial charge in [0, 0.05) is 20.1 Å². The number of carbonyl (C=O) groups excluding carboxylic acids is 1. The van der Waals surface area contributed by atoms with Gasteiger partial charge < -0.3 is 25.0 Å². The molecule has 0 saturated carbocycles. The Labute approximate surface area is 178 Å². The predicted molar refractivity (Wildman–Crippen MR) is 109 cm³/mol. The first-order chi connectivity index (χ1) is 12.8. The lowest BCUT2D eigenvalue weighted by molar-refractivity contribution is -0.157. The first kappa shape index (κ1) is 24.1. The van der Waals surface area contributed by atoms with E-state index in [4.69, 9.17) is 9.47 Å². The first-order valence-corrected chi connectivity index (χ1v) is 8.50. The largest absolute Gasteiger partial charge is 0.454 e. The van der Waals surface area contributed by atoms with Crippen LogP contribution >= 0.6 is 24.0 Å². The summed E-state index contributed by atoms with van der Waals surface area (Å²) in [6.45, 7) is 1.49. The number of carbonyl (C=O) groups is 1. The summed E-state index contributed by atoms with van der Waals surface area (Å²) < 4.78 is 47.6. The second-order valence-corrected chi connectivity index (χ2v) is 5.92. The average molecular weight is 516 g/mol. The molecule has 0 atom stereocenters. The van der Waals surface area contributed by atoms with Gasteiger partial charge in [0.25, 0.3) is 0 Å². The van der Waals surface area contributed by atoms with Crippen LogP contribution in [0, 0.1) is 0 Å². The summed E-state index contributed by atoms with van der Waals surface area (Å²) in [5.41, 5.74) is 1.03. The topological polar surface area (TPSA) is 75.2 Å². The molecule has 11 heteroatoms. The van der Waals surface area contributed by atoms with Crippen molar-refractivity contribution in [3.8, 4) is 11.5 Å². The Morgan fingerprint density at radius 3 is 2.64 bits per heavy atom. The Bertz CT molecular complexity index is 686. The molecular formula is C17H24F3IN4O3. The highest BCUT2D eigenvalue weighted by atomic mass is 127. The number of hydrogen-bond donors (Lipinski definition) is 2. The second-order valence-electron chi connectivity index (χ2n) is 5.92. The van der Waals surface area contributed by atoms with Gasteiger partial charge in [-0.05, 0) is 31.0 Å². The van der Waals surface area contributed by atoms with Crippen LogP contribution in [0.15, 0.2) is 23.2 Å². The van der Waals surface area contributed by atoms with E-state index in [9.17, 15) is 18.0 Å². The Hall–Kier alpha value is -1.92. The van der Waals surface area contributed by atoms with E-state index in [0.29, 0.717) is 41.9 Å². The van der Waals surface area contributed by atoms with Gasteiger partial charge in [-0.1, -0.05) is 6.07 Å². The van der Waals surface area contributed by atoms with E-state index in [1.165, 1.54) is 0 Å². The number of rotatable bonds is 7. The van der Waals surface area contributed by atoms with Crippen molar-refractivity contribution in [1.82, 2.24) is 15.5 Å². The summed E-state index contributed by atoms with van der Waals surface area (Å²) in [5, 5.41) is 6.01. The Balaban J connectivity index is 0.00000392. The molecule has 2 N–H and O–H groups in total. The van der Waals surface area contributed by atoms with Gasteiger partial charge in [0.05, 0.1) is 0 Å². The number of fused-ring (bicyclic) bond motifs is 1. The molecule has 158 valence electrons. The fraction of sp³-hybridized carbons (Fsp3) is 0.529. The Kier molecular flexibility index (Phi) is 9.62. The minimum atomic E-state index is -4.43. The first-order valence-electron chi connectivity index (χ1n) is 8.50. The van der Waals surface area contributed by atoms with E-state index in [1.54, 1.807) is 0 Å². The maximum Gasteiger partial charge on any atom is 0.406 e. The molecule has 0 radical (unpaired) electrons. The van der Waals surface area contributed by atoms with Gasteiger partial charge in [0.1, 0.15) is 13.1 Å². The fourth-order valence-electron chi connectivity index (χ4n) is 2.39. The molecule has 1 aromatic rings. The summed E-state index contributed by atoms with van der Waals surface area (Å²) in [6, 6.07) is 5.66. The van der Waals surface area contributed by atoms with Crippen LogP contribution in [0.5, 0.6) is 11.5 Å². The van der Waals surface area contributed by atoms with Crippen molar-refractivity contribution in [2.45, 2.75) is 19.5 Å². The van der Waals surface area contributed by atoms with Crippen LogP contribution in [0.2, 0.25) is 0 Å². The zero-order valence-corrected chi connectivity index (χ0v) is 18.0. The van der Waals surface area contributed by atoms with Crippen molar-refractivity contribution in [3.05, 3.63) is 23.8 Å². The SMILES string of the molecule is CCNC(=NCC(=O)N(C)CC(F)(F)F)NCCc1ccc2c(c1)OCO2.I. The van der Waals surface area contributed by atoms with E-state index in [2.05, 4.69) is 15.6 Å². The minimum Gasteiger partial charge on any atom is -0.454 e. The number of guanidine groups is 1. The van der Waals surface area contributed by atoms with Crippen molar-refractivity contribution in [2.24, 2.45) is 4.99 Å². The van der Waals surface area contributed by atoms with E-state index >= 15 is 0 Å². The van der Waals surface area contributed by atoms with E-state index < -0.39 is 18.6 Å². The predicted octanol–water partition coefficient (Wildman–Crippen LogP) is 2.15. The highest BCUT2D eigenvalue weighted by Crippen LogP contribution is 2.32. The number of alkyl halides is 3. The van der Waals surface area contributed by atoms with Crippen LogP contribution < -0.4 is 20.1 Å². The van der Waals surface area contributed by atoms with Crippen molar-refractivity contribution in [1.29, 1.82) is 0 Å². The molecule has 0 aromatic heterocycles. The monoisotopic (exact) mass is 516 g/mol. The van der Waals surface area contributed by atoms with Crippen molar-refractivity contribution < 1.29 is 27.4 Å². The van der Waals surface area contributed by atoms with Gasteiger partial charge in [-0.15, -0.1) is 24.0 Å². The standard InChI is InChI=1S/C17H23F3N4O3.HI/c1-3-21-16(23-9-15(25)24(2)10-17(18,19)20)22-7-6-12-4-5-13-14(8-12)27-11-26-13;/h4-5,8H,3,6-7,9-11H2,1-2H3,(H2,21,22,23);1H. The van der Waals surface area contributed by atoms with Gasteiger partial charge in [-0.3, -0.25) is 4.79 Å². The molecule has 0 unspecified atom stereocenters. The highest BCUT2D eigenvalue weighted by molar-refractivity contribution is 14.0. The van der Waals surface area contributed by atoms with Crippen LogP contribution in [0.25, 0.3) is 0 Å². The molecule has 2 rings (SSSR count). The summed E-state index contributed by atoms with van der Waals surface area (Å²) in [4.78, 5) is 16.4. The average Bonchev–Trinajstić information content (AvgIpc) is 3.05. The summed E-state index contributed by atoms with van der Waals surface area (Å²) in [7, 11) is 1.10. The van der Waals surface area contributed by atoms with Crippen molar-refractivity contribution in [3.63, 3.8) is 0 Å². The highest BCUT2D eigenvalue weighted by Gasteiger charge is 2.31. The van der Waals surface area contributed by atoms with Gasteiger partial charge in [-0.2, -0.15) is 13.2 Å². The number of nitrogens with zero attached hydrogens (tertiary/aromatic N) is 2. The van der Waals surface area contributed by atoms with Crippen LogP contribution in [0.1, 0.15) is 12.5 Å². The molecule has 1 amide bonds. The lowest BCUT2D eigenvalue weighted by Gasteiger charge is -2.18. The Morgan fingerprint density at radius 2 is 1.96 bits per heavy atom. The molecule has 1 aliphatic rings. The lowest BCUT2D eigenvalue weighted by Crippen LogP contribution is -2.40. The molecule has 1 heterocycles. The molecular weight excluding hydrogens is 492 g/mol. The number of amides is 1. The van der Waals surface area contributed by atoms with Gasteiger partial charge in [0.2, 0.25) is 12.7 Å². The molecule has 0 aliphatic carbocycles. The fourth-order valence-corrected chi connectivity index (χ4v) is 2.39. The number of benzene rings is 1. The van der Waals surface area contributed by atoms with Gasteiger partial charge >= 0.3 is 6.18 Å². The van der Waals surface area contributed by atoms with Gasteiger partial charge in [-0.25, -0.2) is 4.99 Å². The minimum absolute atomic E-state index is 0. The zero-order chi connectivity index (χ0) is 19.9. The molecule has 0 bridgehead atoms. The van der Waals surface area contributed by atoms with Crippen molar-refractivity contribution in [2.75, 3.05) is 40.0 Å². The van der Waals surface area contributed by atoms with E-state index in [0.717, 1.165) is 12.6 Å². The van der Waals surface area contributed by atoms with E-state index in [-0.39, 0.29) is 37.3 Å². The third kappa shape index (κ3) is 7.98. The molecule has 28 heavy (non-hydrogen) atoms. The smallest absolute Gasteiger partial charge is 0.406 e. The number of aliphatic imine (C=N–C) groups is 1. The molecule has 0 fully saturated rings. The molecule has 1 aliphatic heterocycles.